The summed E-state index contributed by atoms with van der Waals surface area (Å²) in [7, 11) is 0. The number of cyclic esters (lactones) is 2. The topological polar surface area (TPSA) is 35.5 Å². The van der Waals surface area contributed by atoms with Crippen LogP contribution in [0.15, 0.2) is 0 Å². The van der Waals surface area contributed by atoms with Crippen LogP contribution in [0.25, 0.3) is 0 Å². The molecule has 0 spiro atoms. The monoisotopic (exact) mass is 242 g/mol. The fourth-order valence-electron chi connectivity index (χ4n) is 2.35. The molecule has 0 aliphatic carbocycles. The van der Waals surface area contributed by atoms with Crippen molar-refractivity contribution in [1.82, 2.24) is 0 Å². The first-order chi connectivity index (χ1) is 8.22. The molecule has 0 radical (unpaired) electrons. The van der Waals surface area contributed by atoms with Gasteiger partial charge in [0, 0.05) is 0 Å². The predicted molar refractivity (Wildman–Crippen MR) is 68.1 cm³/mol. The second-order valence-corrected chi connectivity index (χ2v) is 5.09. The Bertz CT molecular complexity index is 228. The van der Waals surface area contributed by atoms with Crippen LogP contribution >= 0.6 is 0 Å². The molecule has 0 aromatic heterocycles. The van der Waals surface area contributed by atoms with Gasteiger partial charge in [0.1, 0.15) is 12.2 Å². The van der Waals surface area contributed by atoms with Crippen molar-refractivity contribution in [2.45, 2.75) is 77.2 Å². The Morgan fingerprint density at radius 2 is 1.65 bits per heavy atom. The van der Waals surface area contributed by atoms with Crippen molar-refractivity contribution in [3.63, 3.8) is 0 Å². The van der Waals surface area contributed by atoms with Crippen LogP contribution in [-0.2, 0) is 9.47 Å². The summed E-state index contributed by atoms with van der Waals surface area (Å²) >= 11 is 0. The normalized spacial score (nSPS) is 23.5. The van der Waals surface area contributed by atoms with E-state index in [1.54, 1.807) is 0 Å². The minimum absolute atomic E-state index is 0.306. The van der Waals surface area contributed by atoms with Gasteiger partial charge in [-0.3, -0.25) is 0 Å². The molecule has 0 amide bonds. The first-order valence-electron chi connectivity index (χ1n) is 7.08. The Kier molecular flexibility index (Phi) is 6.38. The van der Waals surface area contributed by atoms with Gasteiger partial charge in [0.15, 0.2) is 0 Å². The highest BCUT2D eigenvalue weighted by Gasteiger charge is 2.40. The quantitative estimate of drug-likeness (QED) is 0.443. The van der Waals surface area contributed by atoms with Gasteiger partial charge >= 0.3 is 6.16 Å². The third kappa shape index (κ3) is 4.97. The molecule has 0 aromatic carbocycles. The van der Waals surface area contributed by atoms with Crippen LogP contribution in [0.2, 0.25) is 0 Å². The van der Waals surface area contributed by atoms with Gasteiger partial charge < -0.3 is 9.47 Å². The van der Waals surface area contributed by atoms with E-state index in [4.69, 9.17) is 9.47 Å². The molecule has 1 saturated heterocycles. The van der Waals surface area contributed by atoms with E-state index in [9.17, 15) is 4.79 Å². The lowest BCUT2D eigenvalue weighted by molar-refractivity contribution is 0.0383. The maximum absolute atomic E-state index is 11.1. The summed E-state index contributed by atoms with van der Waals surface area (Å²) in [5.41, 5.74) is -0.306. The minimum atomic E-state index is -0.477. The number of carbonyl (C=O) groups excluding carboxylic acids is 1. The maximum atomic E-state index is 11.1. The van der Waals surface area contributed by atoms with Gasteiger partial charge in [-0.2, -0.15) is 0 Å². The van der Waals surface area contributed by atoms with Gasteiger partial charge in [-0.1, -0.05) is 46.0 Å². The smallest absolute Gasteiger partial charge is 0.430 e. The molecule has 0 aromatic rings. The Morgan fingerprint density at radius 1 is 1.00 bits per heavy atom. The molecule has 1 fully saturated rings. The summed E-state index contributed by atoms with van der Waals surface area (Å²) in [6.07, 6.45) is 9.90. The lowest BCUT2D eigenvalue weighted by Crippen LogP contribution is -2.31. The molecule has 0 saturated carbocycles. The standard InChI is InChI=1S/C14H26O3/c1-3-5-7-8-9-11-14(10-6-4-2)12-16-13(15)17-14/h3-12H2,1-2H3. The van der Waals surface area contributed by atoms with Crippen molar-refractivity contribution in [3.05, 3.63) is 0 Å². The Hall–Kier alpha value is -0.730. The number of unbranched alkanes of at least 4 members (excludes halogenated alkanes) is 5. The second-order valence-electron chi connectivity index (χ2n) is 5.09. The maximum Gasteiger partial charge on any atom is 0.509 e. The summed E-state index contributed by atoms with van der Waals surface area (Å²) in [4.78, 5) is 11.1. The Labute approximate surface area is 105 Å². The largest absolute Gasteiger partial charge is 0.509 e. The fraction of sp³-hybridized carbons (Fsp3) is 0.929. The molecule has 3 heteroatoms. The third-order valence-corrected chi connectivity index (χ3v) is 3.47. The van der Waals surface area contributed by atoms with Crippen LogP contribution < -0.4 is 0 Å². The van der Waals surface area contributed by atoms with E-state index in [1.807, 2.05) is 0 Å². The van der Waals surface area contributed by atoms with Crippen molar-refractivity contribution in [3.8, 4) is 0 Å². The molecule has 1 unspecified atom stereocenters. The first kappa shape index (κ1) is 14.3. The molecule has 3 nitrogen and oxygen atoms in total. The average molecular weight is 242 g/mol. The van der Waals surface area contributed by atoms with Crippen LogP contribution in [0.4, 0.5) is 4.79 Å². The summed E-state index contributed by atoms with van der Waals surface area (Å²) in [5, 5.41) is 0. The van der Waals surface area contributed by atoms with E-state index < -0.39 is 6.16 Å². The van der Waals surface area contributed by atoms with Gasteiger partial charge in [0.25, 0.3) is 0 Å². The SMILES string of the molecule is CCCCCCCC1(CCCC)COC(=O)O1. The van der Waals surface area contributed by atoms with E-state index in [0.717, 1.165) is 32.1 Å². The molecule has 1 rings (SSSR count). The lowest BCUT2D eigenvalue weighted by atomic mass is 9.91. The zero-order chi connectivity index (χ0) is 12.6. The van der Waals surface area contributed by atoms with Crippen LogP contribution in [0.5, 0.6) is 0 Å². The lowest BCUT2D eigenvalue weighted by Gasteiger charge is -2.24. The number of hydrogen-bond acceptors (Lipinski definition) is 3. The van der Waals surface area contributed by atoms with Crippen LogP contribution in [-0.4, -0.2) is 18.4 Å². The van der Waals surface area contributed by atoms with Crippen molar-refractivity contribution in [2.75, 3.05) is 6.61 Å². The molecule has 17 heavy (non-hydrogen) atoms. The van der Waals surface area contributed by atoms with Gasteiger partial charge in [0.05, 0.1) is 0 Å². The molecule has 1 aliphatic heterocycles. The van der Waals surface area contributed by atoms with Crippen molar-refractivity contribution in [1.29, 1.82) is 0 Å². The van der Waals surface area contributed by atoms with E-state index in [-0.39, 0.29) is 5.60 Å². The summed E-state index contributed by atoms with van der Waals surface area (Å²) in [5.74, 6) is 0. The third-order valence-electron chi connectivity index (χ3n) is 3.47. The Balaban J connectivity index is 2.28. The zero-order valence-electron chi connectivity index (χ0n) is 11.3. The number of ether oxygens (including phenoxy) is 2. The van der Waals surface area contributed by atoms with Crippen LogP contribution in [0.3, 0.4) is 0 Å². The van der Waals surface area contributed by atoms with E-state index >= 15 is 0 Å². The van der Waals surface area contributed by atoms with E-state index in [2.05, 4.69) is 13.8 Å². The van der Waals surface area contributed by atoms with Gasteiger partial charge in [-0.05, 0) is 25.7 Å². The number of carbonyl (C=O) groups is 1. The highest BCUT2D eigenvalue weighted by Crippen LogP contribution is 2.31. The molecular weight excluding hydrogens is 216 g/mol. The highest BCUT2D eigenvalue weighted by molar-refractivity contribution is 5.62. The van der Waals surface area contributed by atoms with Gasteiger partial charge in [0.2, 0.25) is 0 Å². The average Bonchev–Trinajstić information content (AvgIpc) is 2.69. The molecular formula is C14H26O3. The molecule has 1 heterocycles. The molecule has 0 bridgehead atoms. The summed E-state index contributed by atoms with van der Waals surface area (Å²) in [6, 6.07) is 0. The summed E-state index contributed by atoms with van der Waals surface area (Å²) in [6.45, 7) is 4.83. The van der Waals surface area contributed by atoms with Crippen molar-refractivity contribution in [2.24, 2.45) is 0 Å². The van der Waals surface area contributed by atoms with E-state index in [1.165, 1.54) is 25.7 Å². The zero-order valence-corrected chi connectivity index (χ0v) is 11.3. The number of hydrogen-bond donors (Lipinski definition) is 0. The fourth-order valence-corrected chi connectivity index (χ4v) is 2.35. The summed E-state index contributed by atoms with van der Waals surface area (Å²) < 4.78 is 10.4. The molecule has 1 aliphatic rings. The predicted octanol–water partition coefficient (Wildman–Crippen LogP) is 4.44. The molecule has 100 valence electrons. The van der Waals surface area contributed by atoms with E-state index in [0.29, 0.717) is 6.61 Å². The number of rotatable bonds is 9. The minimum Gasteiger partial charge on any atom is -0.430 e. The van der Waals surface area contributed by atoms with Gasteiger partial charge in [-0.15, -0.1) is 0 Å². The van der Waals surface area contributed by atoms with Crippen LogP contribution in [0, 0.1) is 0 Å². The highest BCUT2D eigenvalue weighted by atomic mass is 16.8. The first-order valence-corrected chi connectivity index (χ1v) is 7.08. The molecule has 1 atom stereocenters. The molecule has 0 N–H and O–H groups in total. The van der Waals surface area contributed by atoms with Crippen molar-refractivity contribution < 1.29 is 14.3 Å². The van der Waals surface area contributed by atoms with Gasteiger partial charge in [-0.25, -0.2) is 4.79 Å². The van der Waals surface area contributed by atoms with Crippen molar-refractivity contribution >= 4 is 6.16 Å². The second kappa shape index (κ2) is 7.57. The van der Waals surface area contributed by atoms with Crippen LogP contribution in [0.1, 0.15) is 71.6 Å². The Morgan fingerprint density at radius 3 is 2.24 bits per heavy atom.